The van der Waals surface area contributed by atoms with Gasteiger partial charge in [-0.3, -0.25) is 4.79 Å². The van der Waals surface area contributed by atoms with Gasteiger partial charge in [0.05, 0.1) is 6.54 Å². The number of amidine groups is 1. The number of nitrogens with one attached hydrogen (secondary N) is 1. The third-order valence-corrected chi connectivity index (χ3v) is 8.51. The van der Waals surface area contributed by atoms with E-state index in [-0.39, 0.29) is 34.0 Å². The topological polar surface area (TPSA) is 91.2 Å². The SMILES string of the molecule is CN(CC(=O)N/N=C1/C[C@H]2CC[C@@]1(C)C2(C)C)C1=NS(=O)(=O)c2ccccc21. The Hall–Kier alpha value is -2.22. The minimum absolute atomic E-state index is 0.0248. The van der Waals surface area contributed by atoms with Crippen LogP contribution < -0.4 is 5.43 Å². The fraction of sp³-hybridized carbons (Fsp3) is 0.550. The monoisotopic (exact) mass is 402 g/mol. The molecule has 2 bridgehead atoms. The minimum atomic E-state index is -3.70. The van der Waals surface area contributed by atoms with Crippen LogP contribution >= 0.6 is 0 Å². The van der Waals surface area contributed by atoms with E-state index < -0.39 is 10.0 Å². The molecule has 0 spiro atoms. The number of hydrogen-bond acceptors (Lipinski definition) is 5. The Kier molecular flexibility index (Phi) is 4.19. The van der Waals surface area contributed by atoms with Crippen molar-refractivity contribution in [1.29, 1.82) is 0 Å². The summed E-state index contributed by atoms with van der Waals surface area (Å²) in [4.78, 5) is 14.2. The zero-order valence-corrected chi connectivity index (χ0v) is 17.5. The Morgan fingerprint density at radius 2 is 2.04 bits per heavy atom. The second-order valence-corrected chi connectivity index (χ2v) is 10.4. The quantitative estimate of drug-likeness (QED) is 0.786. The van der Waals surface area contributed by atoms with Gasteiger partial charge in [0.1, 0.15) is 4.90 Å². The van der Waals surface area contributed by atoms with Gasteiger partial charge < -0.3 is 4.90 Å². The Balaban J connectivity index is 1.46. The van der Waals surface area contributed by atoms with Gasteiger partial charge in [0.15, 0.2) is 5.84 Å². The summed E-state index contributed by atoms with van der Waals surface area (Å²) in [6.07, 6.45) is 3.25. The number of nitrogens with zero attached hydrogens (tertiary/aromatic N) is 3. The van der Waals surface area contributed by atoms with E-state index in [4.69, 9.17) is 0 Å². The van der Waals surface area contributed by atoms with Crippen molar-refractivity contribution >= 4 is 27.5 Å². The molecular formula is C20H26N4O3S. The van der Waals surface area contributed by atoms with Crippen molar-refractivity contribution in [2.75, 3.05) is 13.6 Å². The first-order valence-corrected chi connectivity index (χ1v) is 11.0. The zero-order valence-electron chi connectivity index (χ0n) is 16.7. The molecule has 1 aromatic carbocycles. The predicted octanol–water partition coefficient (Wildman–Crippen LogP) is 2.39. The summed E-state index contributed by atoms with van der Waals surface area (Å²) < 4.78 is 28.2. The van der Waals surface area contributed by atoms with E-state index in [2.05, 4.69) is 35.7 Å². The van der Waals surface area contributed by atoms with E-state index in [1.54, 1.807) is 30.1 Å². The zero-order chi connectivity index (χ0) is 20.3. The molecule has 7 nitrogen and oxygen atoms in total. The number of sulfonamides is 1. The number of hydrazone groups is 1. The maximum Gasteiger partial charge on any atom is 0.285 e. The number of carbonyl (C=O) groups excluding carboxylic acids is 1. The van der Waals surface area contributed by atoms with Crippen LogP contribution in [0.25, 0.3) is 0 Å². The van der Waals surface area contributed by atoms with Crippen LogP contribution in [0, 0.1) is 16.7 Å². The van der Waals surface area contributed by atoms with Crippen molar-refractivity contribution in [1.82, 2.24) is 10.3 Å². The lowest BCUT2D eigenvalue weighted by atomic mass is 9.70. The Labute approximate surface area is 166 Å². The Bertz CT molecular complexity index is 1010. The minimum Gasteiger partial charge on any atom is -0.349 e. The van der Waals surface area contributed by atoms with Gasteiger partial charge >= 0.3 is 0 Å². The van der Waals surface area contributed by atoms with Gasteiger partial charge in [-0.25, -0.2) is 5.43 Å². The van der Waals surface area contributed by atoms with E-state index in [0.29, 0.717) is 11.5 Å². The molecule has 1 aromatic rings. The molecule has 0 radical (unpaired) electrons. The third kappa shape index (κ3) is 2.69. The predicted molar refractivity (Wildman–Crippen MR) is 108 cm³/mol. The molecule has 2 fully saturated rings. The van der Waals surface area contributed by atoms with Crippen molar-refractivity contribution in [2.24, 2.45) is 26.2 Å². The van der Waals surface area contributed by atoms with E-state index in [0.717, 1.165) is 18.6 Å². The van der Waals surface area contributed by atoms with Crippen LogP contribution in [0.5, 0.6) is 0 Å². The van der Waals surface area contributed by atoms with Crippen molar-refractivity contribution in [2.45, 2.75) is 44.9 Å². The largest absolute Gasteiger partial charge is 0.349 e. The average Bonchev–Trinajstić information content (AvgIpc) is 3.11. The maximum absolute atomic E-state index is 12.4. The van der Waals surface area contributed by atoms with E-state index in [1.165, 1.54) is 12.5 Å². The first-order chi connectivity index (χ1) is 13.1. The molecule has 0 aromatic heterocycles. The fourth-order valence-electron chi connectivity index (χ4n) is 4.92. The highest BCUT2D eigenvalue weighted by Crippen LogP contribution is 2.63. The Morgan fingerprint density at radius 1 is 1.32 bits per heavy atom. The van der Waals surface area contributed by atoms with Gasteiger partial charge in [-0.15, -0.1) is 4.40 Å². The van der Waals surface area contributed by atoms with Gasteiger partial charge in [0, 0.05) is 23.7 Å². The van der Waals surface area contributed by atoms with E-state index >= 15 is 0 Å². The van der Waals surface area contributed by atoms with Crippen LogP contribution in [0.2, 0.25) is 0 Å². The first-order valence-electron chi connectivity index (χ1n) is 9.58. The summed E-state index contributed by atoms with van der Waals surface area (Å²) >= 11 is 0. The third-order valence-electron chi connectivity index (χ3n) is 7.18. The second kappa shape index (κ2) is 6.14. The van der Waals surface area contributed by atoms with Crippen LogP contribution in [-0.4, -0.2) is 44.4 Å². The summed E-state index contributed by atoms with van der Waals surface area (Å²) in [7, 11) is -2.04. The first kappa shape index (κ1) is 19.1. The van der Waals surface area contributed by atoms with Crippen LogP contribution in [0.1, 0.15) is 45.6 Å². The molecular weight excluding hydrogens is 376 g/mol. The molecule has 3 aliphatic rings. The average molecular weight is 403 g/mol. The van der Waals surface area contributed by atoms with Crippen LogP contribution in [-0.2, 0) is 14.8 Å². The van der Waals surface area contributed by atoms with Crippen molar-refractivity contribution in [3.8, 4) is 0 Å². The van der Waals surface area contributed by atoms with E-state index in [9.17, 15) is 13.2 Å². The molecule has 4 rings (SSSR count). The molecule has 8 heteroatoms. The Morgan fingerprint density at radius 3 is 2.68 bits per heavy atom. The van der Waals surface area contributed by atoms with Crippen LogP contribution in [0.15, 0.2) is 38.7 Å². The van der Waals surface area contributed by atoms with Gasteiger partial charge in [0.2, 0.25) is 0 Å². The van der Waals surface area contributed by atoms with Crippen LogP contribution in [0.4, 0.5) is 0 Å². The van der Waals surface area contributed by atoms with Crippen molar-refractivity contribution in [3.63, 3.8) is 0 Å². The molecule has 2 saturated carbocycles. The molecule has 2 aliphatic carbocycles. The molecule has 0 saturated heterocycles. The molecule has 0 unspecified atom stereocenters. The van der Waals surface area contributed by atoms with E-state index in [1.807, 2.05) is 0 Å². The number of carbonyl (C=O) groups is 1. The molecule has 28 heavy (non-hydrogen) atoms. The standard InChI is InChI=1S/C20H26N4O3S/c1-19(2)13-9-10-20(19,3)16(11-13)21-22-17(25)12-24(4)18-14-7-5-6-8-15(14)28(26,27)23-18/h5-8,13H,9-12H2,1-4H3,(H,22,25)/b21-16-/t13-,20-/m1/s1. The van der Waals surface area contributed by atoms with Crippen LogP contribution in [0.3, 0.4) is 0 Å². The lowest BCUT2D eigenvalue weighted by molar-refractivity contribution is -0.121. The highest BCUT2D eigenvalue weighted by atomic mass is 32.2. The normalized spacial score (nSPS) is 30.2. The second-order valence-electron chi connectivity index (χ2n) is 8.83. The molecule has 1 aliphatic heterocycles. The summed E-state index contributed by atoms with van der Waals surface area (Å²) in [5, 5.41) is 4.46. The molecule has 2 atom stereocenters. The fourth-order valence-corrected chi connectivity index (χ4v) is 6.17. The summed E-state index contributed by atoms with van der Waals surface area (Å²) in [6, 6.07) is 6.64. The van der Waals surface area contributed by atoms with Crippen molar-refractivity contribution < 1.29 is 13.2 Å². The highest BCUT2D eigenvalue weighted by Gasteiger charge is 2.60. The van der Waals surface area contributed by atoms with Gasteiger partial charge in [0.25, 0.3) is 15.9 Å². The summed E-state index contributed by atoms with van der Waals surface area (Å²) in [6.45, 7) is 6.80. The number of likely N-dealkylation sites (N-methyl/N-ethyl adjacent to an activating group) is 1. The highest BCUT2D eigenvalue weighted by molar-refractivity contribution is 7.90. The molecule has 1 heterocycles. The summed E-state index contributed by atoms with van der Waals surface area (Å²) in [5.41, 5.74) is 4.49. The molecule has 1 amide bonds. The molecule has 150 valence electrons. The van der Waals surface area contributed by atoms with Crippen molar-refractivity contribution in [3.05, 3.63) is 29.8 Å². The number of benzene rings is 1. The lowest BCUT2D eigenvalue weighted by Crippen LogP contribution is -2.38. The van der Waals surface area contributed by atoms with Gasteiger partial charge in [-0.1, -0.05) is 32.9 Å². The maximum atomic E-state index is 12.4. The number of rotatable bonds is 3. The van der Waals surface area contributed by atoms with Gasteiger partial charge in [-0.2, -0.15) is 13.5 Å². The summed E-state index contributed by atoms with van der Waals surface area (Å²) in [5.74, 6) is 0.612. The number of amides is 1. The smallest absolute Gasteiger partial charge is 0.285 e. The number of fused-ring (bicyclic) bond motifs is 3. The number of hydrogen-bond donors (Lipinski definition) is 1. The lowest BCUT2D eigenvalue weighted by Gasteiger charge is -2.34. The van der Waals surface area contributed by atoms with Gasteiger partial charge in [-0.05, 0) is 42.7 Å². The molecule has 1 N–H and O–H groups in total.